The number of hydrogen-bond donors (Lipinski definition) is 1. The summed E-state index contributed by atoms with van der Waals surface area (Å²) in [5.41, 5.74) is 6.93. The van der Waals surface area contributed by atoms with Crippen LogP contribution in [-0.4, -0.2) is 52.1 Å². The fourth-order valence-corrected chi connectivity index (χ4v) is 2.82. The van der Waals surface area contributed by atoms with E-state index in [-0.39, 0.29) is 11.9 Å². The highest BCUT2D eigenvalue weighted by molar-refractivity contribution is 5.92. The fraction of sp³-hybridized carbons (Fsp3) is 0.500. The third kappa shape index (κ3) is 3.47. The molecule has 8 nitrogen and oxygen atoms in total. The molecule has 0 saturated carbocycles. The zero-order chi connectivity index (χ0) is 17.1. The van der Waals surface area contributed by atoms with Gasteiger partial charge in [-0.2, -0.15) is 4.98 Å². The summed E-state index contributed by atoms with van der Waals surface area (Å²) in [4.78, 5) is 24.8. The van der Waals surface area contributed by atoms with Gasteiger partial charge in [-0.15, -0.1) is 0 Å². The van der Waals surface area contributed by atoms with Crippen LogP contribution in [-0.2, 0) is 6.42 Å². The zero-order valence-electron chi connectivity index (χ0n) is 14.0. The van der Waals surface area contributed by atoms with Gasteiger partial charge in [-0.05, 0) is 13.3 Å². The van der Waals surface area contributed by atoms with E-state index in [4.69, 9.17) is 10.3 Å². The second kappa shape index (κ2) is 6.86. The fourth-order valence-electron chi connectivity index (χ4n) is 2.82. The summed E-state index contributed by atoms with van der Waals surface area (Å²) in [6.45, 7) is 6.56. The molecular formula is C16H22N6O2. The van der Waals surface area contributed by atoms with Gasteiger partial charge in [0.05, 0.1) is 0 Å². The molecule has 0 spiro atoms. The summed E-state index contributed by atoms with van der Waals surface area (Å²) < 4.78 is 5.20. The summed E-state index contributed by atoms with van der Waals surface area (Å²) in [5, 5.41) is 3.89. The maximum absolute atomic E-state index is 12.5. The Balaban J connectivity index is 1.62. The number of aromatic nitrogens is 3. The Morgan fingerprint density at radius 1 is 1.25 bits per heavy atom. The molecule has 2 aromatic heterocycles. The normalized spacial score (nSPS) is 14.9. The summed E-state index contributed by atoms with van der Waals surface area (Å²) in [6, 6.07) is 3.65. The maximum atomic E-state index is 12.5. The molecule has 0 bridgehead atoms. The van der Waals surface area contributed by atoms with E-state index in [2.05, 4.69) is 26.9 Å². The molecule has 2 N–H and O–H groups in total. The highest BCUT2D eigenvalue weighted by Gasteiger charge is 2.25. The minimum Gasteiger partial charge on any atom is -0.368 e. The zero-order valence-corrected chi connectivity index (χ0v) is 14.0. The first-order chi connectivity index (χ1) is 11.6. The van der Waals surface area contributed by atoms with Crippen LogP contribution in [0.2, 0.25) is 0 Å². The minimum atomic E-state index is -0.0841. The number of rotatable bonds is 4. The van der Waals surface area contributed by atoms with Gasteiger partial charge in [0.25, 0.3) is 5.91 Å². The van der Waals surface area contributed by atoms with Crippen molar-refractivity contribution in [1.29, 1.82) is 0 Å². The number of carbonyl (C=O) groups excluding carboxylic acids is 1. The monoisotopic (exact) mass is 330 g/mol. The second-order valence-corrected chi connectivity index (χ2v) is 5.93. The van der Waals surface area contributed by atoms with Crippen LogP contribution in [0.3, 0.4) is 0 Å². The summed E-state index contributed by atoms with van der Waals surface area (Å²) in [6.07, 6.45) is 1.76. The lowest BCUT2D eigenvalue weighted by molar-refractivity contribution is 0.0736. The molecule has 3 heterocycles. The Morgan fingerprint density at radius 3 is 2.67 bits per heavy atom. The van der Waals surface area contributed by atoms with Crippen LogP contribution in [0, 0.1) is 6.92 Å². The van der Waals surface area contributed by atoms with Crippen LogP contribution >= 0.6 is 0 Å². The third-order valence-electron chi connectivity index (χ3n) is 4.02. The van der Waals surface area contributed by atoms with Gasteiger partial charge in [0, 0.05) is 50.4 Å². The van der Waals surface area contributed by atoms with Gasteiger partial charge in [0.15, 0.2) is 5.69 Å². The molecule has 1 aliphatic rings. The Labute approximate surface area is 140 Å². The smallest absolute Gasteiger partial charge is 0.276 e. The Kier molecular flexibility index (Phi) is 4.64. The van der Waals surface area contributed by atoms with E-state index in [9.17, 15) is 4.79 Å². The van der Waals surface area contributed by atoms with Gasteiger partial charge in [-0.25, -0.2) is 4.98 Å². The number of amides is 1. The molecule has 1 aliphatic heterocycles. The molecule has 0 atom stereocenters. The van der Waals surface area contributed by atoms with Gasteiger partial charge >= 0.3 is 0 Å². The number of aryl methyl sites for hydroxylation is 2. The Morgan fingerprint density at radius 2 is 2.00 bits per heavy atom. The van der Waals surface area contributed by atoms with E-state index in [1.54, 1.807) is 11.0 Å². The Hall–Kier alpha value is -2.64. The van der Waals surface area contributed by atoms with Crippen molar-refractivity contribution in [1.82, 2.24) is 20.0 Å². The number of anilines is 2. The molecule has 128 valence electrons. The van der Waals surface area contributed by atoms with Crippen molar-refractivity contribution < 1.29 is 9.32 Å². The summed E-state index contributed by atoms with van der Waals surface area (Å²) in [7, 11) is 0. The Bertz CT molecular complexity index is 701. The van der Waals surface area contributed by atoms with Crippen LogP contribution in [0.5, 0.6) is 0 Å². The number of nitrogens with zero attached hydrogens (tertiary/aromatic N) is 5. The number of carbonyl (C=O) groups is 1. The molecule has 0 aromatic carbocycles. The van der Waals surface area contributed by atoms with Gasteiger partial charge < -0.3 is 20.1 Å². The maximum Gasteiger partial charge on any atom is 0.276 e. The first-order valence-corrected chi connectivity index (χ1v) is 8.18. The molecule has 0 unspecified atom stereocenters. The number of piperazine rings is 1. The van der Waals surface area contributed by atoms with Crippen molar-refractivity contribution in [2.24, 2.45) is 0 Å². The molecule has 0 aliphatic carbocycles. The predicted molar refractivity (Wildman–Crippen MR) is 89.8 cm³/mol. The predicted octanol–water partition coefficient (Wildman–Crippen LogP) is 1.27. The largest absolute Gasteiger partial charge is 0.368 e. The van der Waals surface area contributed by atoms with E-state index < -0.39 is 0 Å². The molecule has 0 radical (unpaired) electrons. The van der Waals surface area contributed by atoms with E-state index >= 15 is 0 Å². The number of nitrogens with two attached hydrogens (primary N) is 1. The van der Waals surface area contributed by atoms with Gasteiger partial charge in [-0.1, -0.05) is 12.1 Å². The molecule has 8 heteroatoms. The van der Waals surface area contributed by atoms with Crippen LogP contribution in [0.25, 0.3) is 0 Å². The average molecular weight is 330 g/mol. The van der Waals surface area contributed by atoms with E-state index in [0.717, 1.165) is 30.1 Å². The topological polar surface area (TPSA) is 101 Å². The van der Waals surface area contributed by atoms with Crippen molar-refractivity contribution in [3.8, 4) is 0 Å². The molecule has 1 fully saturated rings. The average Bonchev–Trinajstić information content (AvgIpc) is 3.02. The van der Waals surface area contributed by atoms with Gasteiger partial charge in [0.2, 0.25) is 5.95 Å². The molecule has 1 amide bonds. The minimum absolute atomic E-state index is 0.0841. The number of nitrogen functional groups attached to an aromatic ring is 1. The van der Waals surface area contributed by atoms with Crippen molar-refractivity contribution in [2.45, 2.75) is 26.7 Å². The van der Waals surface area contributed by atoms with Crippen LogP contribution in [0.4, 0.5) is 11.8 Å². The van der Waals surface area contributed by atoms with Gasteiger partial charge in [-0.3, -0.25) is 4.79 Å². The van der Waals surface area contributed by atoms with E-state index in [0.29, 0.717) is 31.9 Å². The molecule has 2 aromatic rings. The van der Waals surface area contributed by atoms with Gasteiger partial charge in [0.1, 0.15) is 11.6 Å². The third-order valence-corrected chi connectivity index (χ3v) is 4.02. The lowest BCUT2D eigenvalue weighted by atomic mass is 10.2. The quantitative estimate of drug-likeness (QED) is 0.900. The van der Waals surface area contributed by atoms with Crippen molar-refractivity contribution in [3.63, 3.8) is 0 Å². The highest BCUT2D eigenvalue weighted by atomic mass is 16.5. The summed E-state index contributed by atoms with van der Waals surface area (Å²) >= 11 is 0. The van der Waals surface area contributed by atoms with E-state index in [1.165, 1.54) is 0 Å². The molecule has 3 rings (SSSR count). The standard InChI is InChI=1S/C16H22N6O2/c1-3-4-12-10-13(20-24-12)15(23)22-7-5-21(6-8-22)14-9-11(2)18-16(17)19-14/h9-10H,3-8H2,1-2H3,(H2,17,18,19). The highest BCUT2D eigenvalue weighted by Crippen LogP contribution is 2.17. The van der Waals surface area contributed by atoms with Crippen LogP contribution < -0.4 is 10.6 Å². The SMILES string of the molecule is CCCc1cc(C(=O)N2CCN(c3cc(C)nc(N)n3)CC2)no1. The lowest BCUT2D eigenvalue weighted by Crippen LogP contribution is -2.49. The van der Waals surface area contributed by atoms with Crippen molar-refractivity contribution in [2.75, 3.05) is 36.8 Å². The first kappa shape index (κ1) is 16.2. The van der Waals surface area contributed by atoms with Crippen LogP contribution in [0.15, 0.2) is 16.7 Å². The lowest BCUT2D eigenvalue weighted by Gasteiger charge is -2.35. The van der Waals surface area contributed by atoms with E-state index in [1.807, 2.05) is 13.0 Å². The van der Waals surface area contributed by atoms with Crippen LogP contribution in [0.1, 0.15) is 35.3 Å². The molecular weight excluding hydrogens is 308 g/mol. The first-order valence-electron chi connectivity index (χ1n) is 8.18. The summed E-state index contributed by atoms with van der Waals surface area (Å²) in [5.74, 6) is 1.75. The molecule has 24 heavy (non-hydrogen) atoms. The van der Waals surface area contributed by atoms with Crippen molar-refractivity contribution in [3.05, 3.63) is 29.3 Å². The second-order valence-electron chi connectivity index (χ2n) is 5.93. The van der Waals surface area contributed by atoms with Crippen molar-refractivity contribution >= 4 is 17.7 Å². The number of hydrogen-bond acceptors (Lipinski definition) is 7. The molecule has 1 saturated heterocycles.